The van der Waals surface area contributed by atoms with Crippen molar-refractivity contribution in [3.05, 3.63) is 134 Å². The van der Waals surface area contributed by atoms with Crippen molar-refractivity contribution in [2.75, 3.05) is 56.9 Å². The first-order valence-electron chi connectivity index (χ1n) is 28.5. The van der Waals surface area contributed by atoms with Crippen LogP contribution in [0.25, 0.3) is 49.3 Å². The van der Waals surface area contributed by atoms with E-state index in [2.05, 4.69) is 77.0 Å². The van der Waals surface area contributed by atoms with Gasteiger partial charge in [0.25, 0.3) is 11.8 Å². The zero-order chi connectivity index (χ0) is 57.0. The van der Waals surface area contributed by atoms with Crippen LogP contribution in [0, 0.1) is 5.41 Å². The van der Waals surface area contributed by atoms with E-state index in [1.165, 1.54) is 29.6 Å². The molecule has 2 saturated heterocycles. The highest BCUT2D eigenvalue weighted by molar-refractivity contribution is 7.19. The number of fused-ring (bicyclic) bond motifs is 6. The number of nitrogens with one attached hydrogen (secondary N) is 3. The van der Waals surface area contributed by atoms with Gasteiger partial charge < -0.3 is 25.8 Å². The quantitative estimate of drug-likeness (QED) is 0.0942. The third kappa shape index (κ3) is 10.8. The molecule has 0 spiro atoms. The molecule has 0 bridgehead atoms. The zero-order valence-corrected chi connectivity index (χ0v) is 49.9. The molecule has 1 atom stereocenters. The van der Waals surface area contributed by atoms with E-state index in [1.807, 2.05) is 63.7 Å². The first-order chi connectivity index (χ1) is 39.7. The molecule has 424 valence electrons. The molecular weight excluding hydrogens is 1110 g/mol. The number of halogens is 2. The third-order valence-electron chi connectivity index (χ3n) is 16.9. The summed E-state index contributed by atoms with van der Waals surface area (Å²) in [5.41, 5.74) is 11.4. The van der Waals surface area contributed by atoms with E-state index in [9.17, 15) is 19.2 Å². The van der Waals surface area contributed by atoms with Crippen molar-refractivity contribution in [2.24, 2.45) is 5.41 Å². The number of hydrogen-bond acceptors (Lipinski definition) is 12. The van der Waals surface area contributed by atoms with Crippen molar-refractivity contribution in [3.63, 3.8) is 0 Å². The summed E-state index contributed by atoms with van der Waals surface area (Å²) in [6.45, 7) is 12.0. The fourth-order valence-electron chi connectivity index (χ4n) is 12.4. The molecule has 16 nitrogen and oxygen atoms in total. The standard InChI is InChI=1S/C62H66Cl2N12O4S2/c1-6-8-12-37(7-2)51-45-23-25-49-55(81-60(67-49)65-36(3)77)53(45)75(70-51)41-19-21-43(47(63)33-41)57(78)66-39-15-17-40(18-16-39)74-28-27-62(4,35-74)59(80)69-61-68-50-26-24-46-52(38-13-10-9-11-14-38)71-76(54(46)56(50)82-61)42-20-22-44(48(64)34-42)58(79)73-31-29-72(5)30-32-73/h7-14,19-22,33-34,39-40H,6,15-18,23-32,35H2,1-5H3,(H,66,78)(H,65,67,77)(H,68,69,80)/b12-8-,37-7+. The summed E-state index contributed by atoms with van der Waals surface area (Å²) in [6.07, 6.45) is 14.2. The first kappa shape index (κ1) is 55.7. The number of carbonyl (C=O) groups is 4. The number of amides is 4. The largest absolute Gasteiger partial charge is 0.349 e. The lowest BCUT2D eigenvalue weighted by Crippen LogP contribution is -2.47. The van der Waals surface area contributed by atoms with E-state index in [-0.39, 0.29) is 29.7 Å². The molecule has 20 heteroatoms. The number of allylic oxidation sites excluding steroid dienone is 4. The summed E-state index contributed by atoms with van der Waals surface area (Å²) in [5.74, 6) is -0.502. The molecule has 1 saturated carbocycles. The van der Waals surface area contributed by atoms with Crippen molar-refractivity contribution < 1.29 is 19.2 Å². The zero-order valence-electron chi connectivity index (χ0n) is 46.8. The van der Waals surface area contributed by atoms with E-state index >= 15 is 0 Å². The third-order valence-corrected chi connectivity index (χ3v) is 19.6. The number of anilines is 2. The van der Waals surface area contributed by atoms with Crippen molar-refractivity contribution in [1.29, 1.82) is 0 Å². The number of piperazine rings is 1. The lowest BCUT2D eigenvalue weighted by molar-refractivity contribution is -0.124. The van der Waals surface area contributed by atoms with Crippen LogP contribution in [0.15, 0.2) is 85.0 Å². The summed E-state index contributed by atoms with van der Waals surface area (Å²) in [4.78, 5) is 72.2. The SMILES string of the molecule is C/C=C(\C=C/CC)c1nn(-c2ccc(C(=O)NC3CCC(N4CCC(C)(C(=O)Nc5nc6c(s5)-c5c(c(-c7ccccc7)nn5-c5ccc(C(=O)N7CCN(C)CC7)c(Cl)c5)CC6)C4)CC3)c(Cl)c2)c2c1CCc1nc(NC(C)=O)sc1-2. The Kier molecular flexibility index (Phi) is 15.7. The number of rotatable bonds is 13. The van der Waals surface area contributed by atoms with Crippen LogP contribution in [0.3, 0.4) is 0 Å². The molecule has 0 radical (unpaired) electrons. The monoisotopic (exact) mass is 1180 g/mol. The van der Waals surface area contributed by atoms with Crippen molar-refractivity contribution >= 4 is 85.3 Å². The number of aryl methyl sites for hydroxylation is 2. The van der Waals surface area contributed by atoms with E-state index < -0.39 is 5.41 Å². The number of benzene rings is 3. The molecule has 5 aliphatic rings. The molecule has 12 rings (SSSR count). The Balaban J connectivity index is 0.700. The minimum atomic E-state index is -0.621. The summed E-state index contributed by atoms with van der Waals surface area (Å²) < 4.78 is 3.84. The van der Waals surface area contributed by atoms with E-state index in [0.29, 0.717) is 63.5 Å². The molecule has 82 heavy (non-hydrogen) atoms. The Labute approximate surface area is 495 Å². The van der Waals surface area contributed by atoms with Gasteiger partial charge in [0.05, 0.1) is 81.9 Å². The Morgan fingerprint density at radius 3 is 2.01 bits per heavy atom. The molecule has 3 aromatic carbocycles. The van der Waals surface area contributed by atoms with E-state index in [4.69, 9.17) is 43.4 Å². The van der Waals surface area contributed by atoms with Gasteiger partial charge in [0, 0.05) is 68.4 Å². The molecule has 2 aliphatic heterocycles. The van der Waals surface area contributed by atoms with Crippen molar-refractivity contribution in [2.45, 2.75) is 104 Å². The van der Waals surface area contributed by atoms with Gasteiger partial charge in [-0.2, -0.15) is 10.2 Å². The van der Waals surface area contributed by atoms with Gasteiger partial charge >= 0.3 is 0 Å². The highest BCUT2D eigenvalue weighted by Crippen LogP contribution is 2.47. The van der Waals surface area contributed by atoms with Gasteiger partial charge in [-0.15, -0.1) is 0 Å². The van der Waals surface area contributed by atoms with Crippen LogP contribution >= 0.6 is 45.9 Å². The lowest BCUT2D eigenvalue weighted by atomic mass is 9.87. The second-order valence-electron chi connectivity index (χ2n) is 22.5. The molecule has 6 heterocycles. The topological polar surface area (TPSA) is 176 Å². The second kappa shape index (κ2) is 23.1. The van der Waals surface area contributed by atoms with Gasteiger partial charge in [-0.05, 0) is 134 Å². The summed E-state index contributed by atoms with van der Waals surface area (Å²) in [7, 11) is 2.06. The second-order valence-corrected chi connectivity index (χ2v) is 25.3. The molecular formula is C62H66Cl2N12O4S2. The maximum absolute atomic E-state index is 14.4. The normalized spacial score (nSPS) is 20.1. The van der Waals surface area contributed by atoms with Gasteiger partial charge in [-0.25, -0.2) is 19.3 Å². The average Bonchev–Trinajstić information content (AvgIpc) is 3.93. The average molecular weight is 1180 g/mol. The lowest BCUT2D eigenvalue weighted by Gasteiger charge is -2.35. The Morgan fingerprint density at radius 1 is 0.756 bits per heavy atom. The molecule has 3 fully saturated rings. The number of nitrogens with zero attached hydrogens (tertiary/aromatic N) is 9. The highest BCUT2D eigenvalue weighted by Gasteiger charge is 2.44. The van der Waals surface area contributed by atoms with Gasteiger partial charge in [0.15, 0.2) is 10.3 Å². The number of likely N-dealkylation sites (tertiary alicyclic amines) is 1. The van der Waals surface area contributed by atoms with Gasteiger partial charge in [-0.1, -0.05) is 101 Å². The van der Waals surface area contributed by atoms with E-state index in [1.54, 1.807) is 12.1 Å². The maximum Gasteiger partial charge on any atom is 0.255 e. The van der Waals surface area contributed by atoms with Gasteiger partial charge in [0.2, 0.25) is 11.8 Å². The fourth-order valence-corrected chi connectivity index (χ4v) is 15.1. The van der Waals surface area contributed by atoms with Crippen LogP contribution in [-0.2, 0) is 35.3 Å². The van der Waals surface area contributed by atoms with Crippen LogP contribution in [0.5, 0.6) is 0 Å². The van der Waals surface area contributed by atoms with Crippen LogP contribution in [0.4, 0.5) is 10.3 Å². The molecule has 3 aliphatic carbocycles. The Bertz CT molecular complexity index is 3710. The van der Waals surface area contributed by atoms with Crippen LogP contribution < -0.4 is 16.0 Å². The van der Waals surface area contributed by atoms with Crippen LogP contribution in [0.1, 0.15) is 115 Å². The number of carbonyl (C=O) groups excluding carboxylic acids is 4. The minimum absolute atomic E-state index is 0.0142. The maximum atomic E-state index is 14.4. The Hall–Kier alpha value is -6.80. The molecule has 7 aromatic rings. The predicted molar refractivity (Wildman–Crippen MR) is 327 cm³/mol. The van der Waals surface area contributed by atoms with Crippen LogP contribution in [-0.4, -0.2) is 126 Å². The fraction of sp³-hybridized carbons (Fsp3) is 0.387. The van der Waals surface area contributed by atoms with Crippen LogP contribution in [0.2, 0.25) is 10.0 Å². The smallest absolute Gasteiger partial charge is 0.255 e. The van der Waals surface area contributed by atoms with Gasteiger partial charge in [-0.3, -0.25) is 24.1 Å². The first-order valence-corrected chi connectivity index (χ1v) is 30.9. The molecule has 1 unspecified atom stereocenters. The highest BCUT2D eigenvalue weighted by atomic mass is 35.5. The molecule has 4 amide bonds. The van der Waals surface area contributed by atoms with Gasteiger partial charge in [0.1, 0.15) is 0 Å². The van der Waals surface area contributed by atoms with E-state index in [0.717, 1.165) is 155 Å². The van der Waals surface area contributed by atoms with Crippen molar-refractivity contribution in [1.82, 2.24) is 49.5 Å². The number of likely N-dealkylation sites (N-methyl/N-ethyl adjacent to an activating group) is 1. The number of thiazole rings is 2. The molecule has 4 aromatic heterocycles. The number of aromatic nitrogens is 6. The Morgan fingerprint density at radius 2 is 1.38 bits per heavy atom. The summed E-state index contributed by atoms with van der Waals surface area (Å²) >= 11 is 16.9. The van der Waals surface area contributed by atoms with Crippen molar-refractivity contribution in [3.8, 4) is 43.8 Å². The summed E-state index contributed by atoms with van der Waals surface area (Å²) in [6, 6.07) is 21.5. The number of hydrogen-bond donors (Lipinski definition) is 3. The minimum Gasteiger partial charge on any atom is -0.349 e. The molecule has 3 N–H and O–H groups in total. The summed E-state index contributed by atoms with van der Waals surface area (Å²) in [5, 5.41) is 21.6. The predicted octanol–water partition coefficient (Wildman–Crippen LogP) is 11.6.